The van der Waals surface area contributed by atoms with Gasteiger partial charge in [-0.15, -0.1) is 11.3 Å². The van der Waals surface area contributed by atoms with Crippen LogP contribution in [0.1, 0.15) is 43.1 Å². The topological polar surface area (TPSA) is 67.0 Å². The molecule has 0 aliphatic heterocycles. The van der Waals surface area contributed by atoms with E-state index in [2.05, 4.69) is 15.3 Å². The van der Waals surface area contributed by atoms with Gasteiger partial charge < -0.3 is 15.0 Å². The third kappa shape index (κ3) is 3.80. The molecule has 27 heavy (non-hydrogen) atoms. The molecule has 2 N–H and O–H groups in total. The molecule has 0 saturated heterocycles. The number of amides is 1. The maximum Gasteiger partial charge on any atom is 0.267 e. The first-order valence-electron chi connectivity index (χ1n) is 8.66. The van der Waals surface area contributed by atoms with Crippen LogP contribution < -0.4 is 10.1 Å². The molecule has 1 aromatic carbocycles. The summed E-state index contributed by atoms with van der Waals surface area (Å²) in [6.07, 6.45) is -0.834. The highest BCUT2D eigenvalue weighted by Gasteiger charge is 2.44. The van der Waals surface area contributed by atoms with E-state index in [1.54, 1.807) is 17.6 Å². The summed E-state index contributed by atoms with van der Waals surface area (Å²) in [5.41, 5.74) is 3.42. The first-order chi connectivity index (χ1) is 12.9. The van der Waals surface area contributed by atoms with Crippen molar-refractivity contribution in [3.63, 3.8) is 0 Å². The normalized spacial score (nSPS) is 15.3. The Labute approximate surface area is 158 Å². The number of carbonyl (C=O) groups excluding carboxylic acids is 1. The Morgan fingerprint density at radius 1 is 1.41 bits per heavy atom. The van der Waals surface area contributed by atoms with E-state index in [9.17, 15) is 13.6 Å². The minimum Gasteiger partial charge on any atom is -0.487 e. The number of fused-ring (bicyclic) bond motifs is 1. The molecule has 1 fully saturated rings. The number of aromatic amines is 1. The predicted octanol–water partition coefficient (Wildman–Crippen LogP) is 4.56. The van der Waals surface area contributed by atoms with Gasteiger partial charge in [0.1, 0.15) is 12.4 Å². The molecule has 1 aliphatic carbocycles. The van der Waals surface area contributed by atoms with Crippen molar-refractivity contribution in [2.24, 2.45) is 5.41 Å². The van der Waals surface area contributed by atoms with Crippen LogP contribution in [0, 0.1) is 5.41 Å². The van der Waals surface area contributed by atoms with Crippen molar-refractivity contribution in [3.8, 4) is 5.75 Å². The fraction of sp³-hybridized carbons (Fsp3) is 0.368. The second kappa shape index (κ2) is 6.92. The number of benzene rings is 1. The summed E-state index contributed by atoms with van der Waals surface area (Å²) < 4.78 is 32.5. The second-order valence-corrected chi connectivity index (χ2v) is 7.80. The van der Waals surface area contributed by atoms with Crippen molar-refractivity contribution in [1.82, 2.24) is 15.3 Å². The zero-order chi connectivity index (χ0) is 19.0. The summed E-state index contributed by atoms with van der Waals surface area (Å²) in [4.78, 5) is 19.3. The molecule has 1 aliphatic rings. The summed E-state index contributed by atoms with van der Waals surface area (Å²) >= 11 is 1.43. The lowest BCUT2D eigenvalue weighted by Crippen LogP contribution is -2.29. The first kappa shape index (κ1) is 17.9. The zero-order valence-corrected chi connectivity index (χ0v) is 15.5. The smallest absolute Gasteiger partial charge is 0.267 e. The number of carbonyl (C=O) groups is 1. The Bertz CT molecular complexity index is 965. The van der Waals surface area contributed by atoms with E-state index in [4.69, 9.17) is 4.74 Å². The van der Waals surface area contributed by atoms with Crippen LogP contribution >= 0.6 is 11.3 Å². The standard InChI is InChI=1S/C19H19F2N3O2S/c1-19(2-3-19)18(25)22-7-12-4-11-5-14(17(20)21)16(6-15(11)24-12)26-8-13-9-27-10-23-13/h4-6,9-10,17,24H,2-3,7-8H2,1H3,(H,22,25). The minimum atomic E-state index is -2.65. The number of ether oxygens (including phenoxy) is 1. The van der Waals surface area contributed by atoms with E-state index in [1.807, 2.05) is 12.3 Å². The molecular formula is C19H19F2N3O2S. The third-order valence-corrected chi connectivity index (χ3v) is 5.52. The third-order valence-electron chi connectivity index (χ3n) is 4.89. The average molecular weight is 391 g/mol. The highest BCUT2D eigenvalue weighted by Crippen LogP contribution is 2.45. The summed E-state index contributed by atoms with van der Waals surface area (Å²) in [6.45, 7) is 2.41. The van der Waals surface area contributed by atoms with Crippen molar-refractivity contribution < 1.29 is 18.3 Å². The van der Waals surface area contributed by atoms with Crippen LogP contribution in [0.3, 0.4) is 0 Å². The van der Waals surface area contributed by atoms with Crippen LogP contribution in [0.25, 0.3) is 10.9 Å². The van der Waals surface area contributed by atoms with Gasteiger partial charge in [-0.25, -0.2) is 13.8 Å². The van der Waals surface area contributed by atoms with E-state index < -0.39 is 6.43 Å². The quantitative estimate of drug-likeness (QED) is 0.621. The van der Waals surface area contributed by atoms with Crippen LogP contribution in [0.2, 0.25) is 0 Å². The van der Waals surface area contributed by atoms with Crippen molar-refractivity contribution in [1.29, 1.82) is 0 Å². The maximum absolute atomic E-state index is 13.5. The number of nitrogens with zero attached hydrogens (tertiary/aromatic N) is 1. The lowest BCUT2D eigenvalue weighted by Gasteiger charge is -2.10. The van der Waals surface area contributed by atoms with E-state index in [-0.39, 0.29) is 29.2 Å². The van der Waals surface area contributed by atoms with Crippen LogP contribution in [-0.2, 0) is 17.9 Å². The number of hydrogen-bond acceptors (Lipinski definition) is 4. The molecule has 1 saturated carbocycles. The van der Waals surface area contributed by atoms with Crippen LogP contribution in [0.5, 0.6) is 5.75 Å². The van der Waals surface area contributed by atoms with Gasteiger partial charge in [-0.2, -0.15) is 0 Å². The van der Waals surface area contributed by atoms with Gasteiger partial charge in [-0.05, 0) is 25.0 Å². The Balaban J connectivity index is 1.53. The highest BCUT2D eigenvalue weighted by molar-refractivity contribution is 7.07. The lowest BCUT2D eigenvalue weighted by atomic mass is 10.1. The summed E-state index contributed by atoms with van der Waals surface area (Å²) in [5, 5.41) is 5.38. The van der Waals surface area contributed by atoms with Crippen molar-refractivity contribution in [2.75, 3.05) is 0 Å². The first-order valence-corrected chi connectivity index (χ1v) is 9.61. The molecule has 2 heterocycles. The fourth-order valence-corrected chi connectivity index (χ4v) is 3.44. The second-order valence-electron chi connectivity index (χ2n) is 7.08. The van der Waals surface area contributed by atoms with E-state index in [0.29, 0.717) is 23.1 Å². The predicted molar refractivity (Wildman–Crippen MR) is 98.9 cm³/mol. The molecule has 3 aromatic rings. The molecule has 0 bridgehead atoms. The number of thiazole rings is 1. The Hall–Kier alpha value is -2.48. The average Bonchev–Trinajstić information content (AvgIpc) is 3.07. The highest BCUT2D eigenvalue weighted by atomic mass is 32.1. The Morgan fingerprint density at radius 2 is 2.22 bits per heavy atom. The SMILES string of the molecule is CC1(C(=O)NCc2cc3cc(C(F)F)c(OCc4cscn4)cc3[nH]2)CC1. The molecular weight excluding hydrogens is 372 g/mol. The van der Waals surface area contributed by atoms with Gasteiger partial charge in [0.25, 0.3) is 6.43 Å². The number of H-pyrrole nitrogens is 1. The largest absolute Gasteiger partial charge is 0.487 e. The van der Waals surface area contributed by atoms with Gasteiger partial charge in [0, 0.05) is 33.5 Å². The van der Waals surface area contributed by atoms with E-state index >= 15 is 0 Å². The monoisotopic (exact) mass is 391 g/mol. The molecule has 142 valence electrons. The van der Waals surface area contributed by atoms with Gasteiger partial charge in [0.2, 0.25) is 5.91 Å². The van der Waals surface area contributed by atoms with E-state index in [1.165, 1.54) is 17.4 Å². The van der Waals surface area contributed by atoms with Crippen LogP contribution in [0.4, 0.5) is 8.78 Å². The van der Waals surface area contributed by atoms with Gasteiger partial charge >= 0.3 is 0 Å². The molecule has 1 amide bonds. The number of nitrogens with one attached hydrogen (secondary N) is 2. The van der Waals surface area contributed by atoms with Gasteiger partial charge in [0.05, 0.1) is 23.3 Å². The minimum absolute atomic E-state index is 0.0294. The number of hydrogen-bond donors (Lipinski definition) is 2. The zero-order valence-electron chi connectivity index (χ0n) is 14.7. The van der Waals surface area contributed by atoms with Crippen molar-refractivity contribution >= 4 is 28.1 Å². The van der Waals surface area contributed by atoms with Gasteiger partial charge in [-0.1, -0.05) is 6.92 Å². The number of rotatable bonds is 7. The molecule has 0 spiro atoms. The van der Waals surface area contributed by atoms with Crippen molar-refractivity contribution in [3.05, 3.63) is 46.0 Å². The number of aromatic nitrogens is 2. The van der Waals surface area contributed by atoms with Crippen LogP contribution in [0.15, 0.2) is 29.1 Å². The number of halogens is 2. The summed E-state index contributed by atoms with van der Waals surface area (Å²) in [6, 6.07) is 4.79. The summed E-state index contributed by atoms with van der Waals surface area (Å²) in [7, 11) is 0. The Kier molecular flexibility index (Phi) is 4.59. The number of alkyl halides is 2. The molecule has 0 unspecified atom stereocenters. The van der Waals surface area contributed by atoms with Gasteiger partial charge in [0.15, 0.2) is 0 Å². The molecule has 8 heteroatoms. The lowest BCUT2D eigenvalue weighted by molar-refractivity contribution is -0.125. The summed E-state index contributed by atoms with van der Waals surface area (Å²) in [5.74, 6) is 0.162. The molecule has 5 nitrogen and oxygen atoms in total. The van der Waals surface area contributed by atoms with Crippen LogP contribution in [-0.4, -0.2) is 15.9 Å². The molecule has 4 rings (SSSR count). The molecule has 0 radical (unpaired) electrons. The van der Waals surface area contributed by atoms with Gasteiger partial charge in [-0.3, -0.25) is 4.79 Å². The van der Waals surface area contributed by atoms with Crippen molar-refractivity contribution in [2.45, 2.75) is 39.3 Å². The Morgan fingerprint density at radius 3 is 2.89 bits per heavy atom. The fourth-order valence-electron chi connectivity index (χ4n) is 2.89. The molecule has 2 aromatic heterocycles. The van der Waals surface area contributed by atoms with E-state index in [0.717, 1.165) is 18.5 Å². The maximum atomic E-state index is 13.5. The molecule has 0 atom stereocenters.